The van der Waals surface area contributed by atoms with Crippen molar-refractivity contribution in [3.8, 4) is 51.4 Å². The number of aromatic nitrogens is 3. The summed E-state index contributed by atoms with van der Waals surface area (Å²) in [5.74, 6) is 7.35. The Kier molecular flexibility index (Phi) is 8.69. The third-order valence-corrected chi connectivity index (χ3v) is 15.8. The normalized spacial score (nSPS) is 29.7. The molecule has 12 rings (SSSR count). The minimum absolute atomic E-state index is 0.287. The summed E-state index contributed by atoms with van der Waals surface area (Å²) in [5.41, 5.74) is 9.63. The second kappa shape index (κ2) is 14.0. The van der Waals surface area contributed by atoms with E-state index in [1.54, 1.807) is 0 Å². The lowest BCUT2D eigenvalue weighted by molar-refractivity contribution is -0.00518. The molecule has 4 atom stereocenters. The smallest absolute Gasteiger partial charge is 0.164 e. The first kappa shape index (κ1) is 36.0. The van der Waals surface area contributed by atoms with Crippen molar-refractivity contribution in [3.63, 3.8) is 0 Å². The van der Waals surface area contributed by atoms with E-state index in [1.165, 1.54) is 88.2 Å². The predicted molar refractivity (Wildman–Crippen MR) is 235 cm³/mol. The first-order valence-corrected chi connectivity index (χ1v) is 22.4. The molecule has 4 nitrogen and oxygen atoms in total. The van der Waals surface area contributed by atoms with Gasteiger partial charge < -0.3 is 0 Å². The molecule has 1 aromatic heterocycles. The van der Waals surface area contributed by atoms with Gasteiger partial charge in [-0.1, -0.05) is 123 Å². The fourth-order valence-electron chi connectivity index (χ4n) is 13.8. The van der Waals surface area contributed by atoms with Gasteiger partial charge >= 0.3 is 0 Å². The first-order valence-electron chi connectivity index (χ1n) is 22.4. The molecule has 1 heterocycles. The summed E-state index contributed by atoms with van der Waals surface area (Å²) in [6.07, 6.45) is 16.5. The zero-order valence-corrected chi connectivity index (χ0v) is 34.1. The SMILES string of the molecule is CC[C@@H]1C[C@@H]2C[C@H](C)CC(c3ccc(-c4nc(-c5ccc(-c6ccc(C#N)c7ccccc67)cc5)nc(-c5ccc(C67CC8CC(CC(C8)C6)C7)cc5)n4)cc3)(C1)C2. The molecule has 290 valence electrons. The molecule has 6 aromatic rings. The zero-order valence-electron chi connectivity index (χ0n) is 34.1. The first-order chi connectivity index (χ1) is 28.4. The Balaban J connectivity index is 0.963. The Morgan fingerprint density at radius 2 is 0.983 bits per heavy atom. The van der Waals surface area contributed by atoms with Gasteiger partial charge in [-0.15, -0.1) is 0 Å². The van der Waals surface area contributed by atoms with Gasteiger partial charge in [-0.2, -0.15) is 5.26 Å². The highest BCUT2D eigenvalue weighted by Crippen LogP contribution is 2.61. The molecule has 6 aliphatic carbocycles. The Morgan fingerprint density at radius 1 is 0.517 bits per heavy atom. The third kappa shape index (κ3) is 6.20. The molecule has 0 radical (unpaired) electrons. The van der Waals surface area contributed by atoms with Crippen LogP contribution in [-0.2, 0) is 10.8 Å². The fourth-order valence-corrected chi connectivity index (χ4v) is 13.8. The van der Waals surface area contributed by atoms with Gasteiger partial charge in [0.1, 0.15) is 0 Å². The van der Waals surface area contributed by atoms with Gasteiger partial charge in [0.25, 0.3) is 0 Å². The van der Waals surface area contributed by atoms with Crippen molar-refractivity contribution in [1.82, 2.24) is 15.0 Å². The molecule has 0 aliphatic heterocycles. The zero-order chi connectivity index (χ0) is 39.0. The van der Waals surface area contributed by atoms with Gasteiger partial charge in [0, 0.05) is 22.1 Å². The lowest BCUT2D eigenvalue weighted by Gasteiger charge is -2.57. The van der Waals surface area contributed by atoms with Crippen molar-refractivity contribution in [1.29, 1.82) is 5.26 Å². The van der Waals surface area contributed by atoms with Crippen LogP contribution in [0.4, 0.5) is 0 Å². The Bertz CT molecular complexity index is 2510. The van der Waals surface area contributed by atoms with E-state index in [0.29, 0.717) is 16.8 Å². The molecule has 1 unspecified atom stereocenters. The monoisotopic (exact) mass is 758 g/mol. The van der Waals surface area contributed by atoms with E-state index >= 15 is 0 Å². The van der Waals surface area contributed by atoms with Crippen LogP contribution in [0, 0.1) is 46.8 Å². The third-order valence-electron chi connectivity index (χ3n) is 15.8. The van der Waals surface area contributed by atoms with Crippen LogP contribution in [0.2, 0.25) is 0 Å². The molecule has 4 heteroatoms. The van der Waals surface area contributed by atoms with Crippen LogP contribution in [0.15, 0.2) is 109 Å². The summed E-state index contributed by atoms with van der Waals surface area (Å²) >= 11 is 0. The van der Waals surface area contributed by atoms with Crippen LogP contribution in [-0.4, -0.2) is 15.0 Å². The average Bonchev–Trinajstić information content (AvgIpc) is 3.25. The van der Waals surface area contributed by atoms with Crippen molar-refractivity contribution in [2.24, 2.45) is 35.5 Å². The maximum Gasteiger partial charge on any atom is 0.164 e. The van der Waals surface area contributed by atoms with Gasteiger partial charge in [-0.3, -0.25) is 0 Å². The molecule has 6 bridgehead atoms. The van der Waals surface area contributed by atoms with Gasteiger partial charge in [0.05, 0.1) is 11.6 Å². The molecule has 0 saturated heterocycles. The van der Waals surface area contributed by atoms with Gasteiger partial charge in [-0.05, 0) is 151 Å². The van der Waals surface area contributed by atoms with Crippen LogP contribution in [0.5, 0.6) is 0 Å². The van der Waals surface area contributed by atoms with E-state index in [-0.39, 0.29) is 5.41 Å². The molecule has 6 saturated carbocycles. The summed E-state index contributed by atoms with van der Waals surface area (Å²) < 4.78 is 0. The van der Waals surface area contributed by atoms with E-state index in [1.807, 2.05) is 24.3 Å². The second-order valence-electron chi connectivity index (χ2n) is 19.7. The van der Waals surface area contributed by atoms with Crippen molar-refractivity contribution in [2.45, 2.75) is 102 Å². The number of nitriles is 1. The van der Waals surface area contributed by atoms with Crippen LogP contribution in [0.25, 0.3) is 56.1 Å². The fraction of sp³-hybridized carbons (Fsp3) is 0.407. The van der Waals surface area contributed by atoms with E-state index < -0.39 is 0 Å². The topological polar surface area (TPSA) is 62.5 Å². The number of hydrogen-bond donors (Lipinski definition) is 0. The van der Waals surface area contributed by atoms with Crippen LogP contribution < -0.4 is 0 Å². The summed E-state index contributed by atoms with van der Waals surface area (Å²) in [4.78, 5) is 15.6. The van der Waals surface area contributed by atoms with Gasteiger partial charge in [0.2, 0.25) is 0 Å². The maximum atomic E-state index is 9.75. The highest BCUT2D eigenvalue weighted by atomic mass is 15.0. The van der Waals surface area contributed by atoms with Gasteiger partial charge in [0.15, 0.2) is 17.5 Å². The molecule has 5 aromatic carbocycles. The highest BCUT2D eigenvalue weighted by Gasteiger charge is 2.51. The quantitative estimate of drug-likeness (QED) is 0.163. The Hall–Kier alpha value is -5.14. The molecule has 6 aliphatic rings. The second-order valence-corrected chi connectivity index (χ2v) is 19.7. The maximum absolute atomic E-state index is 9.75. The Labute approximate surface area is 344 Å². The summed E-state index contributed by atoms with van der Waals surface area (Å²) in [6, 6.07) is 41.9. The predicted octanol–water partition coefficient (Wildman–Crippen LogP) is 13.5. The molecular weight excluding hydrogens is 705 g/mol. The van der Waals surface area contributed by atoms with E-state index in [2.05, 4.69) is 105 Å². The minimum atomic E-state index is 0.287. The Morgan fingerprint density at radius 3 is 1.50 bits per heavy atom. The summed E-state index contributed by atoms with van der Waals surface area (Å²) in [5, 5.41) is 11.8. The molecule has 58 heavy (non-hydrogen) atoms. The lowest BCUT2D eigenvalue weighted by Crippen LogP contribution is -2.48. The van der Waals surface area contributed by atoms with Crippen molar-refractivity contribution >= 4 is 10.8 Å². The molecular formula is C54H54N4. The van der Waals surface area contributed by atoms with Gasteiger partial charge in [-0.25, -0.2) is 15.0 Å². The molecule has 0 spiro atoms. The molecule has 6 fully saturated rings. The van der Waals surface area contributed by atoms with Crippen LogP contribution in [0.1, 0.15) is 108 Å². The van der Waals surface area contributed by atoms with E-state index in [4.69, 9.17) is 15.0 Å². The summed E-state index contributed by atoms with van der Waals surface area (Å²) in [7, 11) is 0. The van der Waals surface area contributed by atoms with E-state index in [0.717, 1.165) is 85.7 Å². The van der Waals surface area contributed by atoms with Crippen LogP contribution in [0.3, 0.4) is 0 Å². The van der Waals surface area contributed by atoms with Crippen molar-refractivity contribution in [3.05, 3.63) is 126 Å². The van der Waals surface area contributed by atoms with E-state index in [9.17, 15) is 5.26 Å². The minimum Gasteiger partial charge on any atom is -0.208 e. The number of benzene rings is 5. The average molecular weight is 759 g/mol. The largest absolute Gasteiger partial charge is 0.208 e. The molecule has 0 amide bonds. The number of rotatable bonds is 7. The van der Waals surface area contributed by atoms with Crippen molar-refractivity contribution < 1.29 is 0 Å². The number of nitrogens with zero attached hydrogens (tertiary/aromatic N) is 4. The standard InChI is InChI=1S/C54H54N4/c1-3-35-23-36-22-34(2)27-53(28-35,29-36)45-17-12-42(13-18-45)51-56-50(41-10-8-40(9-11-41)48-21-16-44(33-55)47-6-4-5-7-49(47)48)57-52(58-51)43-14-19-46(20-15-43)54-30-37-24-38(31-54)26-39(25-37)32-54/h4-21,34-39H,3,22-32H2,1-2H3/t34-,35+,36-,37?,38?,39?,53?,54?/m0/s1. The van der Waals surface area contributed by atoms with Crippen LogP contribution >= 0.6 is 0 Å². The number of fused-ring (bicyclic) bond motifs is 3. The lowest BCUT2D eigenvalue weighted by atomic mass is 9.48. The number of hydrogen-bond acceptors (Lipinski definition) is 4. The highest BCUT2D eigenvalue weighted by molar-refractivity contribution is 5.99. The summed E-state index contributed by atoms with van der Waals surface area (Å²) in [6.45, 7) is 4.87. The molecule has 0 N–H and O–H groups in total. The van der Waals surface area contributed by atoms with Crippen molar-refractivity contribution in [2.75, 3.05) is 0 Å².